The Balaban J connectivity index is 2.34. The number of hydrogen-bond acceptors (Lipinski definition) is 1. The fourth-order valence-electron chi connectivity index (χ4n) is 2.45. The van der Waals surface area contributed by atoms with Crippen molar-refractivity contribution in [2.75, 3.05) is 6.61 Å². The second-order valence-corrected chi connectivity index (χ2v) is 4.34. The lowest BCUT2D eigenvalue weighted by molar-refractivity contribution is 0.270. The summed E-state index contributed by atoms with van der Waals surface area (Å²) in [5, 5.41) is 8.79. The molecule has 0 heterocycles. The third-order valence-electron chi connectivity index (χ3n) is 3.33. The zero-order valence-electron chi connectivity index (χ0n) is 7.93. The van der Waals surface area contributed by atoms with Gasteiger partial charge in [0.2, 0.25) is 0 Å². The van der Waals surface area contributed by atoms with Crippen LogP contribution in [0.15, 0.2) is 0 Å². The zero-order valence-corrected chi connectivity index (χ0v) is 7.93. The van der Waals surface area contributed by atoms with E-state index in [1.165, 1.54) is 12.8 Å². The van der Waals surface area contributed by atoms with Gasteiger partial charge < -0.3 is 5.11 Å². The smallest absolute Gasteiger partial charge is 0.0433 e. The maximum Gasteiger partial charge on any atom is 0.0433 e. The van der Waals surface area contributed by atoms with E-state index in [1.807, 2.05) is 0 Å². The Bertz CT molecular complexity index is 115. The minimum Gasteiger partial charge on any atom is -0.396 e. The Morgan fingerprint density at radius 1 is 1.18 bits per heavy atom. The fourth-order valence-corrected chi connectivity index (χ4v) is 2.45. The van der Waals surface area contributed by atoms with E-state index in [0.717, 1.165) is 18.3 Å². The van der Waals surface area contributed by atoms with Crippen LogP contribution in [0.3, 0.4) is 0 Å². The highest BCUT2D eigenvalue weighted by atomic mass is 16.3. The largest absolute Gasteiger partial charge is 0.396 e. The van der Waals surface area contributed by atoms with E-state index in [2.05, 4.69) is 20.8 Å². The molecule has 1 fully saturated rings. The van der Waals surface area contributed by atoms with Crippen LogP contribution in [0.1, 0.15) is 40.0 Å². The summed E-state index contributed by atoms with van der Waals surface area (Å²) < 4.78 is 0. The summed E-state index contributed by atoms with van der Waals surface area (Å²) in [6.45, 7) is 7.26. The Hall–Kier alpha value is -0.0400. The summed E-state index contributed by atoms with van der Waals surface area (Å²) in [4.78, 5) is 0. The van der Waals surface area contributed by atoms with Crippen LogP contribution < -0.4 is 0 Å². The second-order valence-electron chi connectivity index (χ2n) is 4.34. The van der Waals surface area contributed by atoms with E-state index in [-0.39, 0.29) is 0 Å². The molecule has 1 saturated carbocycles. The molecule has 0 aromatic heterocycles. The molecule has 0 radical (unpaired) electrons. The van der Waals surface area contributed by atoms with Gasteiger partial charge >= 0.3 is 0 Å². The molecule has 1 heteroatoms. The standard InChI is InChI=1S/C10H20O/c1-4-5-8-9(6-7-11)10(8,2)3/h8-9,11H,4-7H2,1-3H3. The van der Waals surface area contributed by atoms with Gasteiger partial charge in [0.25, 0.3) is 0 Å². The predicted octanol–water partition coefficient (Wildman–Crippen LogP) is 2.44. The molecular formula is C10H20O. The molecule has 0 bridgehead atoms. The van der Waals surface area contributed by atoms with Gasteiger partial charge in [-0.2, -0.15) is 0 Å². The first-order chi connectivity index (χ1) is 5.14. The maximum atomic E-state index is 8.79. The summed E-state index contributed by atoms with van der Waals surface area (Å²) in [6.07, 6.45) is 3.64. The van der Waals surface area contributed by atoms with Gasteiger partial charge in [-0.1, -0.05) is 27.2 Å². The van der Waals surface area contributed by atoms with Crippen molar-refractivity contribution in [1.82, 2.24) is 0 Å². The fraction of sp³-hybridized carbons (Fsp3) is 1.00. The first kappa shape index (κ1) is 9.05. The lowest BCUT2D eigenvalue weighted by Gasteiger charge is -1.99. The van der Waals surface area contributed by atoms with Crippen LogP contribution in [0.2, 0.25) is 0 Å². The van der Waals surface area contributed by atoms with Crippen LogP contribution in [0.5, 0.6) is 0 Å². The van der Waals surface area contributed by atoms with Crippen LogP contribution in [0.4, 0.5) is 0 Å². The zero-order chi connectivity index (χ0) is 8.48. The monoisotopic (exact) mass is 156 g/mol. The van der Waals surface area contributed by atoms with Crippen LogP contribution in [0, 0.1) is 17.3 Å². The second kappa shape index (κ2) is 3.14. The number of aliphatic hydroxyl groups is 1. The van der Waals surface area contributed by atoms with E-state index in [9.17, 15) is 0 Å². The summed E-state index contributed by atoms with van der Waals surface area (Å²) in [7, 11) is 0. The van der Waals surface area contributed by atoms with Crippen molar-refractivity contribution in [3.05, 3.63) is 0 Å². The minimum atomic E-state index is 0.369. The lowest BCUT2D eigenvalue weighted by Crippen LogP contribution is -1.92. The molecule has 0 saturated heterocycles. The third-order valence-corrected chi connectivity index (χ3v) is 3.33. The third kappa shape index (κ3) is 1.58. The van der Waals surface area contributed by atoms with Crippen molar-refractivity contribution in [2.24, 2.45) is 17.3 Å². The maximum absolute atomic E-state index is 8.79. The van der Waals surface area contributed by atoms with E-state index >= 15 is 0 Å². The van der Waals surface area contributed by atoms with Crippen molar-refractivity contribution in [3.63, 3.8) is 0 Å². The summed E-state index contributed by atoms with van der Waals surface area (Å²) >= 11 is 0. The molecule has 11 heavy (non-hydrogen) atoms. The topological polar surface area (TPSA) is 20.2 Å². The summed E-state index contributed by atoms with van der Waals surface area (Å²) in [5.41, 5.74) is 0.527. The first-order valence-electron chi connectivity index (χ1n) is 4.75. The average Bonchev–Trinajstić information content (AvgIpc) is 2.41. The van der Waals surface area contributed by atoms with Crippen LogP contribution in [0.25, 0.3) is 0 Å². The predicted molar refractivity (Wildman–Crippen MR) is 47.4 cm³/mol. The molecule has 0 amide bonds. The van der Waals surface area contributed by atoms with E-state index in [1.54, 1.807) is 0 Å². The molecule has 0 aromatic rings. The Morgan fingerprint density at radius 2 is 1.73 bits per heavy atom. The van der Waals surface area contributed by atoms with Crippen LogP contribution >= 0.6 is 0 Å². The number of hydrogen-bond donors (Lipinski definition) is 1. The highest BCUT2D eigenvalue weighted by molar-refractivity contribution is 5.03. The average molecular weight is 156 g/mol. The van der Waals surface area contributed by atoms with Gasteiger partial charge in [0.15, 0.2) is 0 Å². The molecule has 1 aliphatic rings. The van der Waals surface area contributed by atoms with Crippen molar-refractivity contribution < 1.29 is 5.11 Å². The Morgan fingerprint density at radius 3 is 2.18 bits per heavy atom. The molecule has 1 rings (SSSR count). The van der Waals surface area contributed by atoms with Gasteiger partial charge in [-0.25, -0.2) is 0 Å². The molecule has 0 spiro atoms. The number of rotatable bonds is 4. The molecule has 0 aromatic carbocycles. The van der Waals surface area contributed by atoms with Crippen LogP contribution in [-0.2, 0) is 0 Å². The van der Waals surface area contributed by atoms with E-state index < -0.39 is 0 Å². The van der Waals surface area contributed by atoms with Crippen molar-refractivity contribution in [1.29, 1.82) is 0 Å². The molecular weight excluding hydrogens is 136 g/mol. The molecule has 0 aliphatic heterocycles. The lowest BCUT2D eigenvalue weighted by atomic mass is 10.1. The SMILES string of the molecule is CCCC1C(CCO)C1(C)C. The van der Waals surface area contributed by atoms with E-state index in [4.69, 9.17) is 5.11 Å². The highest BCUT2D eigenvalue weighted by Gasteiger charge is 2.55. The van der Waals surface area contributed by atoms with Gasteiger partial charge in [-0.05, 0) is 30.1 Å². The highest BCUT2D eigenvalue weighted by Crippen LogP contribution is 2.61. The summed E-state index contributed by atoms with van der Waals surface area (Å²) in [5.74, 6) is 1.69. The quantitative estimate of drug-likeness (QED) is 0.663. The molecule has 2 unspecified atom stereocenters. The molecule has 1 aliphatic carbocycles. The van der Waals surface area contributed by atoms with Gasteiger partial charge in [0.05, 0.1) is 0 Å². The normalized spacial score (nSPS) is 33.8. The molecule has 1 nitrogen and oxygen atoms in total. The van der Waals surface area contributed by atoms with Crippen molar-refractivity contribution >= 4 is 0 Å². The molecule has 1 N–H and O–H groups in total. The van der Waals surface area contributed by atoms with Gasteiger partial charge in [-0.3, -0.25) is 0 Å². The summed E-state index contributed by atoms with van der Waals surface area (Å²) in [6, 6.07) is 0. The molecule has 2 atom stereocenters. The Kier molecular flexibility index (Phi) is 2.58. The van der Waals surface area contributed by atoms with Gasteiger partial charge in [0.1, 0.15) is 0 Å². The van der Waals surface area contributed by atoms with Crippen molar-refractivity contribution in [3.8, 4) is 0 Å². The Labute approximate surface area is 69.8 Å². The minimum absolute atomic E-state index is 0.369. The molecule has 66 valence electrons. The first-order valence-corrected chi connectivity index (χ1v) is 4.75. The van der Waals surface area contributed by atoms with Gasteiger partial charge in [0, 0.05) is 6.61 Å². The van der Waals surface area contributed by atoms with Crippen LogP contribution in [-0.4, -0.2) is 11.7 Å². The van der Waals surface area contributed by atoms with Crippen molar-refractivity contribution in [2.45, 2.75) is 40.0 Å². The van der Waals surface area contributed by atoms with E-state index in [0.29, 0.717) is 12.0 Å². The number of aliphatic hydroxyl groups excluding tert-OH is 1. The van der Waals surface area contributed by atoms with Gasteiger partial charge in [-0.15, -0.1) is 0 Å².